The molecule has 1 aromatic carbocycles. The molecule has 0 saturated heterocycles. The molecule has 1 atom stereocenters. The van der Waals surface area contributed by atoms with Gasteiger partial charge in [0.05, 0.1) is 5.60 Å². The third kappa shape index (κ3) is 4.52. The molecule has 0 spiro atoms. The van der Waals surface area contributed by atoms with Crippen LogP contribution in [0.25, 0.3) is 0 Å². The van der Waals surface area contributed by atoms with Crippen molar-refractivity contribution in [3.63, 3.8) is 0 Å². The molecule has 1 aromatic rings. The van der Waals surface area contributed by atoms with Gasteiger partial charge >= 0.3 is 0 Å². The number of aryl methyl sites for hydroxylation is 2. The highest BCUT2D eigenvalue weighted by molar-refractivity contribution is 7.98. The van der Waals surface area contributed by atoms with E-state index in [2.05, 4.69) is 5.32 Å². The van der Waals surface area contributed by atoms with Gasteiger partial charge in [-0.3, -0.25) is 0 Å². The molecule has 0 heterocycles. The summed E-state index contributed by atoms with van der Waals surface area (Å²) in [5.41, 5.74) is 2.23. The number of nitrogens with one attached hydrogen (secondary N) is 1. The molecule has 4 heteroatoms. The Bertz CT molecular complexity index is 382. The second-order valence-electron chi connectivity index (χ2n) is 5.11. The van der Waals surface area contributed by atoms with Crippen LogP contribution in [0.1, 0.15) is 23.6 Å². The maximum Gasteiger partial charge on any atom is 0.121 e. The van der Waals surface area contributed by atoms with E-state index in [0.29, 0.717) is 24.6 Å². The van der Waals surface area contributed by atoms with E-state index in [9.17, 15) is 10.2 Å². The van der Waals surface area contributed by atoms with Crippen LogP contribution in [-0.2, 0) is 6.54 Å². The summed E-state index contributed by atoms with van der Waals surface area (Å²) in [6, 6.07) is 3.94. The lowest BCUT2D eigenvalue weighted by atomic mass is 10.1. The first-order valence-corrected chi connectivity index (χ1v) is 7.46. The molecule has 102 valence electrons. The lowest BCUT2D eigenvalue weighted by Gasteiger charge is -2.22. The molecule has 0 bridgehead atoms. The fraction of sp³-hybridized carbons (Fsp3) is 0.571. The minimum absolute atomic E-state index is 0.369. The van der Waals surface area contributed by atoms with Gasteiger partial charge in [-0.1, -0.05) is 12.1 Å². The van der Waals surface area contributed by atoms with Crippen LogP contribution in [0.5, 0.6) is 5.75 Å². The third-order valence-corrected chi connectivity index (χ3v) is 3.75. The third-order valence-electron chi connectivity index (χ3n) is 2.84. The molecule has 0 aliphatic rings. The predicted molar refractivity (Wildman–Crippen MR) is 78.3 cm³/mol. The summed E-state index contributed by atoms with van der Waals surface area (Å²) in [5.74, 6) is 1.08. The van der Waals surface area contributed by atoms with E-state index >= 15 is 0 Å². The van der Waals surface area contributed by atoms with E-state index in [1.807, 2.05) is 39.2 Å². The van der Waals surface area contributed by atoms with Gasteiger partial charge in [-0.15, -0.1) is 0 Å². The molecule has 18 heavy (non-hydrogen) atoms. The minimum atomic E-state index is -0.680. The molecule has 0 aliphatic carbocycles. The van der Waals surface area contributed by atoms with Gasteiger partial charge in [-0.2, -0.15) is 11.8 Å². The zero-order valence-corrected chi connectivity index (χ0v) is 12.4. The molecule has 0 amide bonds. The number of benzene rings is 1. The van der Waals surface area contributed by atoms with E-state index in [1.54, 1.807) is 11.8 Å². The molecule has 1 unspecified atom stereocenters. The average molecular weight is 269 g/mol. The quantitative estimate of drug-likeness (QED) is 0.741. The molecule has 0 fully saturated rings. The Kier molecular flexibility index (Phi) is 5.50. The van der Waals surface area contributed by atoms with E-state index in [0.717, 1.165) is 16.7 Å². The van der Waals surface area contributed by atoms with E-state index in [4.69, 9.17) is 0 Å². The topological polar surface area (TPSA) is 52.5 Å². The Morgan fingerprint density at radius 2 is 1.83 bits per heavy atom. The predicted octanol–water partition coefficient (Wildman–Crippen LogP) is 2.21. The maximum absolute atomic E-state index is 10.0. The standard InChI is InChI=1S/C14H23NO2S/c1-10-5-12(6-11(2)13(10)16)7-15-8-14(3,17)9-18-4/h5-6,15-17H,7-9H2,1-4H3. The molecular formula is C14H23NO2S. The molecule has 0 aromatic heterocycles. The number of aliphatic hydroxyl groups is 1. The second kappa shape index (κ2) is 6.45. The largest absolute Gasteiger partial charge is 0.507 e. The molecule has 3 N–H and O–H groups in total. The first-order valence-electron chi connectivity index (χ1n) is 6.07. The van der Waals surface area contributed by atoms with Crippen molar-refractivity contribution in [2.24, 2.45) is 0 Å². The first kappa shape index (κ1) is 15.3. The lowest BCUT2D eigenvalue weighted by molar-refractivity contribution is 0.0846. The number of rotatable bonds is 6. The molecule has 0 saturated carbocycles. The Hall–Kier alpha value is -0.710. The van der Waals surface area contributed by atoms with Crippen molar-refractivity contribution in [2.75, 3.05) is 18.6 Å². The average Bonchev–Trinajstić information content (AvgIpc) is 2.25. The minimum Gasteiger partial charge on any atom is -0.507 e. The zero-order valence-electron chi connectivity index (χ0n) is 11.6. The fourth-order valence-corrected chi connectivity index (χ4v) is 2.71. The molecule has 0 aliphatic heterocycles. The van der Waals surface area contributed by atoms with Gasteiger partial charge in [0, 0.05) is 18.8 Å². The summed E-state index contributed by atoms with van der Waals surface area (Å²) in [7, 11) is 0. The van der Waals surface area contributed by atoms with Crippen LogP contribution in [0.2, 0.25) is 0 Å². The van der Waals surface area contributed by atoms with Gasteiger partial charge in [0.15, 0.2) is 0 Å². The maximum atomic E-state index is 10.0. The van der Waals surface area contributed by atoms with Crippen molar-refractivity contribution < 1.29 is 10.2 Å². The van der Waals surface area contributed by atoms with Crippen molar-refractivity contribution in [2.45, 2.75) is 32.9 Å². The molecule has 3 nitrogen and oxygen atoms in total. The van der Waals surface area contributed by atoms with Gasteiger partial charge in [0.2, 0.25) is 0 Å². The van der Waals surface area contributed by atoms with Gasteiger partial charge in [0.25, 0.3) is 0 Å². The van der Waals surface area contributed by atoms with Crippen molar-refractivity contribution in [3.05, 3.63) is 28.8 Å². The lowest BCUT2D eigenvalue weighted by Crippen LogP contribution is -2.39. The molecular weight excluding hydrogens is 246 g/mol. The highest BCUT2D eigenvalue weighted by Crippen LogP contribution is 2.22. The second-order valence-corrected chi connectivity index (χ2v) is 5.98. The van der Waals surface area contributed by atoms with Gasteiger partial charge < -0.3 is 15.5 Å². The summed E-state index contributed by atoms with van der Waals surface area (Å²) in [5, 5.41) is 23.0. The first-order chi connectivity index (χ1) is 8.35. The van der Waals surface area contributed by atoms with E-state index < -0.39 is 5.60 Å². The van der Waals surface area contributed by atoms with E-state index in [-0.39, 0.29) is 0 Å². The molecule has 0 radical (unpaired) electrons. The summed E-state index contributed by atoms with van der Waals surface area (Å²) in [6.07, 6.45) is 1.99. The van der Waals surface area contributed by atoms with Crippen molar-refractivity contribution in [3.8, 4) is 5.75 Å². The number of thioether (sulfide) groups is 1. The Morgan fingerprint density at radius 1 is 1.28 bits per heavy atom. The van der Waals surface area contributed by atoms with Crippen LogP contribution in [-0.4, -0.2) is 34.4 Å². The number of phenols is 1. The Morgan fingerprint density at radius 3 is 2.33 bits per heavy atom. The van der Waals surface area contributed by atoms with Gasteiger partial charge in [0.1, 0.15) is 5.75 Å². The summed E-state index contributed by atoms with van der Waals surface area (Å²) in [6.45, 7) is 6.90. The van der Waals surface area contributed by atoms with Crippen LogP contribution >= 0.6 is 11.8 Å². The Balaban J connectivity index is 2.54. The SMILES string of the molecule is CSCC(C)(O)CNCc1cc(C)c(O)c(C)c1. The smallest absolute Gasteiger partial charge is 0.121 e. The number of phenolic OH excluding ortho intramolecular Hbond substituents is 1. The van der Waals surface area contributed by atoms with Crippen LogP contribution in [0.3, 0.4) is 0 Å². The van der Waals surface area contributed by atoms with Crippen molar-refractivity contribution in [1.82, 2.24) is 5.32 Å². The van der Waals surface area contributed by atoms with Crippen LogP contribution in [0.4, 0.5) is 0 Å². The highest BCUT2D eigenvalue weighted by Gasteiger charge is 2.18. The van der Waals surface area contributed by atoms with Crippen molar-refractivity contribution >= 4 is 11.8 Å². The monoisotopic (exact) mass is 269 g/mol. The van der Waals surface area contributed by atoms with Crippen LogP contribution in [0.15, 0.2) is 12.1 Å². The van der Waals surface area contributed by atoms with Crippen molar-refractivity contribution in [1.29, 1.82) is 0 Å². The number of hydrogen-bond acceptors (Lipinski definition) is 4. The number of aromatic hydroxyl groups is 1. The fourth-order valence-electron chi connectivity index (χ4n) is 1.99. The Labute approximate surface area is 114 Å². The van der Waals surface area contributed by atoms with Crippen LogP contribution in [0, 0.1) is 13.8 Å². The normalized spacial score (nSPS) is 14.5. The zero-order chi connectivity index (χ0) is 13.8. The highest BCUT2D eigenvalue weighted by atomic mass is 32.2. The molecule has 1 rings (SSSR count). The van der Waals surface area contributed by atoms with Gasteiger partial charge in [-0.05, 0) is 43.7 Å². The van der Waals surface area contributed by atoms with E-state index in [1.165, 1.54) is 0 Å². The summed E-state index contributed by atoms with van der Waals surface area (Å²) < 4.78 is 0. The van der Waals surface area contributed by atoms with Gasteiger partial charge in [-0.25, -0.2) is 0 Å². The van der Waals surface area contributed by atoms with Crippen LogP contribution < -0.4 is 5.32 Å². The summed E-state index contributed by atoms with van der Waals surface area (Å²) >= 11 is 1.64. The summed E-state index contributed by atoms with van der Waals surface area (Å²) in [4.78, 5) is 0. The number of hydrogen-bond donors (Lipinski definition) is 3.